The minimum atomic E-state index is -0.433. The highest BCUT2D eigenvalue weighted by Crippen LogP contribution is 2.16. The van der Waals surface area contributed by atoms with Gasteiger partial charge in [0, 0.05) is 11.1 Å². The molecule has 0 spiro atoms. The molecule has 0 unspecified atom stereocenters. The van der Waals surface area contributed by atoms with Crippen molar-refractivity contribution in [2.75, 3.05) is 5.32 Å². The van der Waals surface area contributed by atoms with E-state index in [1.807, 2.05) is 55.5 Å². The second-order valence-corrected chi connectivity index (χ2v) is 7.61. The Hall–Kier alpha value is -3.59. The number of carbonyl (C=O) groups is 2. The van der Waals surface area contributed by atoms with Crippen LogP contribution in [0, 0.1) is 6.92 Å². The predicted molar refractivity (Wildman–Crippen MR) is 113 cm³/mol. The molecule has 9 heteroatoms. The molecule has 0 aliphatic heterocycles. The molecular formula is C21H19N5O3S. The fourth-order valence-corrected chi connectivity index (χ4v) is 3.68. The first-order valence-corrected chi connectivity index (χ1v) is 10.2. The third-order valence-electron chi connectivity index (χ3n) is 4.41. The van der Waals surface area contributed by atoms with Gasteiger partial charge in [-0.1, -0.05) is 35.5 Å². The molecule has 0 aliphatic rings. The van der Waals surface area contributed by atoms with Crippen LogP contribution in [0.4, 0.5) is 5.69 Å². The molecule has 30 heavy (non-hydrogen) atoms. The van der Waals surface area contributed by atoms with Gasteiger partial charge < -0.3 is 10.1 Å². The van der Waals surface area contributed by atoms with E-state index in [9.17, 15) is 9.59 Å². The summed E-state index contributed by atoms with van der Waals surface area (Å²) in [5.74, 6) is -0.572. The Kier molecular flexibility index (Phi) is 5.80. The number of rotatable bonds is 7. The van der Waals surface area contributed by atoms with Gasteiger partial charge in [0.2, 0.25) is 5.91 Å². The molecular weight excluding hydrogens is 402 g/mol. The lowest BCUT2D eigenvalue weighted by Crippen LogP contribution is -2.15. The van der Waals surface area contributed by atoms with E-state index in [1.165, 1.54) is 16.0 Å². The first-order chi connectivity index (χ1) is 14.6. The fraction of sp³-hybridized carbons (Fsp3) is 0.190. The lowest BCUT2D eigenvalue weighted by Gasteiger charge is -2.06. The van der Waals surface area contributed by atoms with Crippen molar-refractivity contribution in [2.45, 2.75) is 26.5 Å². The number of ether oxygens (including phenoxy) is 1. The molecule has 2 heterocycles. The topological polar surface area (TPSA) is 99.0 Å². The zero-order chi connectivity index (χ0) is 20.9. The Morgan fingerprint density at radius 2 is 1.93 bits per heavy atom. The molecule has 2 aromatic heterocycles. The molecule has 0 bridgehead atoms. The summed E-state index contributed by atoms with van der Waals surface area (Å²) in [6, 6.07) is 15.0. The minimum Gasteiger partial charge on any atom is -0.458 e. The first kappa shape index (κ1) is 19.7. The van der Waals surface area contributed by atoms with Crippen molar-refractivity contribution in [3.8, 4) is 0 Å². The number of esters is 1. The van der Waals surface area contributed by atoms with Crippen LogP contribution in [0.3, 0.4) is 0 Å². The van der Waals surface area contributed by atoms with Gasteiger partial charge in [0.05, 0.1) is 17.6 Å². The van der Waals surface area contributed by atoms with Crippen LogP contribution in [0.1, 0.15) is 16.3 Å². The second kappa shape index (κ2) is 8.83. The van der Waals surface area contributed by atoms with Crippen LogP contribution in [0.2, 0.25) is 0 Å². The van der Waals surface area contributed by atoms with E-state index in [-0.39, 0.29) is 25.5 Å². The Bertz CT molecular complexity index is 1200. The quantitative estimate of drug-likeness (QED) is 0.460. The average Bonchev–Trinajstić information content (AvgIpc) is 3.35. The van der Waals surface area contributed by atoms with Crippen molar-refractivity contribution in [2.24, 2.45) is 0 Å². The van der Waals surface area contributed by atoms with E-state index < -0.39 is 5.97 Å². The van der Waals surface area contributed by atoms with Crippen LogP contribution in [0.5, 0.6) is 0 Å². The number of hydrogen-bond acceptors (Lipinski definition) is 7. The number of carbonyl (C=O) groups excluding carboxylic acids is 2. The zero-order valence-corrected chi connectivity index (χ0v) is 17.1. The number of hydrogen-bond donors (Lipinski definition) is 1. The number of nitrogens with one attached hydrogen (secondary N) is 1. The fourth-order valence-electron chi connectivity index (χ4n) is 2.90. The van der Waals surface area contributed by atoms with Gasteiger partial charge >= 0.3 is 5.97 Å². The molecule has 0 fully saturated rings. The third kappa shape index (κ3) is 4.69. The molecule has 4 aromatic rings. The largest absolute Gasteiger partial charge is 0.458 e. The van der Waals surface area contributed by atoms with Gasteiger partial charge in [0.1, 0.15) is 23.7 Å². The van der Waals surface area contributed by atoms with Gasteiger partial charge in [-0.05, 0) is 30.7 Å². The number of nitrogens with zero attached hydrogens (tertiary/aromatic N) is 4. The summed E-state index contributed by atoms with van der Waals surface area (Å²) in [5.41, 5.74) is 3.88. The third-order valence-corrected chi connectivity index (χ3v) is 5.31. The van der Waals surface area contributed by atoms with E-state index in [4.69, 9.17) is 4.74 Å². The summed E-state index contributed by atoms with van der Waals surface area (Å²) >= 11 is 1.36. The molecule has 1 N–H and O–H groups in total. The average molecular weight is 421 g/mol. The normalized spacial score (nSPS) is 10.8. The number of aromatic nitrogens is 4. The summed E-state index contributed by atoms with van der Waals surface area (Å²) in [7, 11) is 0. The number of anilines is 1. The van der Waals surface area contributed by atoms with Crippen LogP contribution in [-0.2, 0) is 33.9 Å². The van der Waals surface area contributed by atoms with Gasteiger partial charge in [0.15, 0.2) is 0 Å². The number of amides is 1. The number of fused-ring (bicyclic) bond motifs is 1. The van der Waals surface area contributed by atoms with Crippen LogP contribution in [0.15, 0.2) is 53.9 Å². The maximum Gasteiger partial charge on any atom is 0.328 e. The van der Waals surface area contributed by atoms with E-state index in [1.54, 1.807) is 5.38 Å². The second-order valence-electron chi connectivity index (χ2n) is 6.67. The van der Waals surface area contributed by atoms with Gasteiger partial charge in [-0.15, -0.1) is 16.4 Å². The monoisotopic (exact) mass is 421 g/mol. The van der Waals surface area contributed by atoms with Gasteiger partial charge in [-0.2, -0.15) is 0 Å². The number of benzene rings is 2. The Morgan fingerprint density at radius 3 is 2.80 bits per heavy atom. The van der Waals surface area contributed by atoms with Crippen molar-refractivity contribution in [3.63, 3.8) is 0 Å². The van der Waals surface area contributed by atoms with Crippen molar-refractivity contribution >= 4 is 39.9 Å². The molecule has 0 radical (unpaired) electrons. The molecule has 2 aromatic carbocycles. The van der Waals surface area contributed by atoms with Crippen LogP contribution < -0.4 is 5.32 Å². The van der Waals surface area contributed by atoms with Crippen LogP contribution in [-0.4, -0.2) is 31.9 Å². The number of aryl methyl sites for hydroxylation is 1. The standard InChI is InChI=1S/C21H19N5O3S/c1-14-6-2-3-7-16(14)23-19(27)10-20-22-15(13-30-20)12-29-21(28)11-26-18-9-5-4-8-17(18)24-25-26/h2-9,13H,10-12H2,1H3,(H,23,27). The van der Waals surface area contributed by atoms with Crippen molar-refractivity contribution < 1.29 is 14.3 Å². The summed E-state index contributed by atoms with van der Waals surface area (Å²) in [4.78, 5) is 28.8. The molecule has 8 nitrogen and oxygen atoms in total. The predicted octanol–water partition coefficient (Wildman–Crippen LogP) is 3.12. The first-order valence-electron chi connectivity index (χ1n) is 9.31. The molecule has 4 rings (SSSR count). The zero-order valence-electron chi connectivity index (χ0n) is 16.2. The highest BCUT2D eigenvalue weighted by Gasteiger charge is 2.13. The maximum absolute atomic E-state index is 12.2. The molecule has 0 saturated heterocycles. The summed E-state index contributed by atoms with van der Waals surface area (Å²) in [5, 5.41) is 13.3. The van der Waals surface area contributed by atoms with E-state index in [0.717, 1.165) is 22.3 Å². The molecule has 1 amide bonds. The SMILES string of the molecule is Cc1ccccc1NC(=O)Cc1nc(COC(=O)Cn2nnc3ccccc32)cs1. The van der Waals surface area contributed by atoms with Crippen LogP contribution >= 0.6 is 11.3 Å². The molecule has 0 saturated carbocycles. The van der Waals surface area contributed by atoms with E-state index in [0.29, 0.717) is 10.7 Å². The summed E-state index contributed by atoms with van der Waals surface area (Å²) in [6.07, 6.45) is 0.165. The van der Waals surface area contributed by atoms with Crippen molar-refractivity contribution in [1.82, 2.24) is 20.0 Å². The molecule has 152 valence electrons. The van der Waals surface area contributed by atoms with Gasteiger partial charge in [0.25, 0.3) is 0 Å². The highest BCUT2D eigenvalue weighted by atomic mass is 32.1. The van der Waals surface area contributed by atoms with Gasteiger partial charge in [-0.25, -0.2) is 9.67 Å². The van der Waals surface area contributed by atoms with Crippen LogP contribution in [0.25, 0.3) is 11.0 Å². The van der Waals surface area contributed by atoms with E-state index in [2.05, 4.69) is 20.6 Å². The Balaban J connectivity index is 1.28. The maximum atomic E-state index is 12.2. The van der Waals surface area contributed by atoms with Crippen molar-refractivity contribution in [3.05, 3.63) is 70.2 Å². The Labute approximate surface area is 176 Å². The number of thiazole rings is 1. The minimum absolute atomic E-state index is 0.0314. The highest BCUT2D eigenvalue weighted by molar-refractivity contribution is 7.09. The number of para-hydroxylation sites is 2. The van der Waals surface area contributed by atoms with Crippen molar-refractivity contribution in [1.29, 1.82) is 0 Å². The lowest BCUT2D eigenvalue weighted by atomic mass is 10.2. The Morgan fingerprint density at radius 1 is 1.13 bits per heavy atom. The van der Waals surface area contributed by atoms with E-state index >= 15 is 0 Å². The smallest absolute Gasteiger partial charge is 0.328 e. The molecule has 0 aliphatic carbocycles. The lowest BCUT2D eigenvalue weighted by molar-refractivity contribution is -0.146. The molecule has 0 atom stereocenters. The summed E-state index contributed by atoms with van der Waals surface area (Å²) in [6.45, 7) is 1.95. The van der Waals surface area contributed by atoms with Gasteiger partial charge in [-0.3, -0.25) is 9.59 Å². The summed E-state index contributed by atoms with van der Waals surface area (Å²) < 4.78 is 6.80.